The summed E-state index contributed by atoms with van der Waals surface area (Å²) >= 11 is 2.83. The van der Waals surface area contributed by atoms with Crippen LogP contribution in [0, 0.1) is 0 Å². The summed E-state index contributed by atoms with van der Waals surface area (Å²) in [4.78, 5) is 17.8. The molecule has 0 saturated heterocycles. The summed E-state index contributed by atoms with van der Waals surface area (Å²) in [6.07, 6.45) is 0. The van der Waals surface area contributed by atoms with Crippen molar-refractivity contribution < 1.29 is 4.79 Å². The third-order valence-electron chi connectivity index (χ3n) is 2.25. The van der Waals surface area contributed by atoms with E-state index in [1.165, 1.54) is 0 Å². The van der Waals surface area contributed by atoms with Crippen molar-refractivity contribution in [2.24, 2.45) is 4.99 Å². The van der Waals surface area contributed by atoms with E-state index in [0.29, 0.717) is 10.3 Å². The van der Waals surface area contributed by atoms with Gasteiger partial charge in [-0.05, 0) is 0 Å². The predicted molar refractivity (Wildman–Crippen MR) is 66.9 cm³/mol. The van der Waals surface area contributed by atoms with Gasteiger partial charge in [0.05, 0.1) is 0 Å². The number of benzene rings is 1. The quantitative estimate of drug-likeness (QED) is 0.480. The molecule has 0 heterocycles. The Bertz CT molecular complexity index is 372. The first-order valence-electron chi connectivity index (χ1n) is 5.29. The molecule has 0 aliphatic heterocycles. The zero-order valence-corrected chi connectivity index (χ0v) is 11.2. The Morgan fingerprint density at radius 3 is 2.31 bits per heavy atom. The molecule has 0 aliphatic carbocycles. The summed E-state index contributed by atoms with van der Waals surface area (Å²) in [7, 11) is 0. The maximum atomic E-state index is 11.8. The summed E-state index contributed by atoms with van der Waals surface area (Å²) in [6, 6.07) is 9.07. The zero-order valence-electron chi connectivity index (χ0n) is 9.51. The number of aliphatic imine (C=N–C) groups is 1. The second-order valence-electron chi connectivity index (χ2n) is 3.24. The van der Waals surface area contributed by atoms with Gasteiger partial charge in [-0.1, -0.05) is 0 Å². The van der Waals surface area contributed by atoms with Crippen molar-refractivity contribution in [2.45, 2.75) is 13.8 Å². The van der Waals surface area contributed by atoms with E-state index in [0.717, 1.165) is 13.1 Å². The van der Waals surface area contributed by atoms with E-state index in [1.54, 1.807) is 12.1 Å². The topological polar surface area (TPSA) is 32.7 Å². The number of hydrogen-bond donors (Lipinski definition) is 0. The van der Waals surface area contributed by atoms with Crippen LogP contribution < -0.4 is 0 Å². The maximum absolute atomic E-state index is 11.8. The van der Waals surface area contributed by atoms with Gasteiger partial charge in [-0.3, -0.25) is 0 Å². The minimum absolute atomic E-state index is 0.207. The van der Waals surface area contributed by atoms with Gasteiger partial charge in [-0.2, -0.15) is 0 Å². The molecule has 0 fully saturated rings. The molecule has 0 radical (unpaired) electrons. The molecular formula is C12H15N2OSe-. The first-order valence-corrected chi connectivity index (χ1v) is 6.14. The molecule has 0 N–H and O–H groups in total. The molecule has 0 bridgehead atoms. The van der Waals surface area contributed by atoms with Crippen molar-refractivity contribution in [3.8, 4) is 0 Å². The number of hydrogen-bond acceptors (Lipinski definition) is 1. The summed E-state index contributed by atoms with van der Waals surface area (Å²) < 4.78 is 0.652. The van der Waals surface area contributed by atoms with Crippen LogP contribution in [0.2, 0.25) is 0 Å². The Kier molecular flexibility index (Phi) is 5.23. The van der Waals surface area contributed by atoms with Gasteiger partial charge in [0.25, 0.3) is 0 Å². The Morgan fingerprint density at radius 1 is 1.25 bits per heavy atom. The molecule has 0 aliphatic rings. The Morgan fingerprint density at radius 2 is 1.81 bits per heavy atom. The van der Waals surface area contributed by atoms with Gasteiger partial charge in [0, 0.05) is 0 Å². The minimum atomic E-state index is -0.207. The Labute approximate surface area is 104 Å². The van der Waals surface area contributed by atoms with E-state index in [1.807, 2.05) is 36.9 Å². The fourth-order valence-electron chi connectivity index (χ4n) is 1.30. The van der Waals surface area contributed by atoms with Gasteiger partial charge in [-0.15, -0.1) is 0 Å². The summed E-state index contributed by atoms with van der Waals surface area (Å²) in [5, 5.41) is 0. The van der Waals surface area contributed by atoms with Crippen LogP contribution in [0.5, 0.6) is 0 Å². The number of carbonyl (C=O) groups excluding carboxylic acids is 1. The van der Waals surface area contributed by atoms with Crippen LogP contribution in [0.25, 0.3) is 0 Å². The Hall–Kier alpha value is -1.12. The molecule has 1 rings (SSSR count). The predicted octanol–water partition coefficient (Wildman–Crippen LogP) is 1.69. The van der Waals surface area contributed by atoms with E-state index in [2.05, 4.69) is 21.0 Å². The van der Waals surface area contributed by atoms with Crippen LogP contribution in [0.15, 0.2) is 35.3 Å². The van der Waals surface area contributed by atoms with E-state index >= 15 is 0 Å². The van der Waals surface area contributed by atoms with Gasteiger partial charge in [0.2, 0.25) is 0 Å². The van der Waals surface area contributed by atoms with Crippen LogP contribution in [0.3, 0.4) is 0 Å². The van der Waals surface area contributed by atoms with Crippen LogP contribution >= 0.6 is 0 Å². The second kappa shape index (κ2) is 6.46. The molecule has 86 valence electrons. The van der Waals surface area contributed by atoms with Gasteiger partial charge in [0.1, 0.15) is 0 Å². The van der Waals surface area contributed by atoms with Crippen molar-refractivity contribution in [1.29, 1.82) is 0 Å². The summed E-state index contributed by atoms with van der Waals surface area (Å²) in [5.74, 6) is -0.207. The number of carbonyl (C=O) groups is 1. The molecule has 1 aromatic carbocycles. The normalized spacial score (nSPS) is 11.2. The van der Waals surface area contributed by atoms with Gasteiger partial charge >= 0.3 is 104 Å². The third-order valence-corrected chi connectivity index (χ3v) is 2.99. The average molecular weight is 282 g/mol. The molecule has 1 aromatic rings. The van der Waals surface area contributed by atoms with E-state index in [4.69, 9.17) is 0 Å². The van der Waals surface area contributed by atoms with Crippen molar-refractivity contribution in [1.82, 2.24) is 4.90 Å². The Balaban J connectivity index is 2.80. The molecule has 1 amide bonds. The fraction of sp³-hybridized carbons (Fsp3) is 0.333. The van der Waals surface area contributed by atoms with Gasteiger partial charge in [0.15, 0.2) is 0 Å². The molecule has 0 atom stereocenters. The first-order chi connectivity index (χ1) is 7.69. The fourth-order valence-corrected chi connectivity index (χ4v) is 2.01. The second-order valence-corrected chi connectivity index (χ2v) is 4.00. The standard InChI is InChI=1S/C12H16N2OSe/c1-3-14(4-2)12(16)13-11(15)10-8-6-5-7-9-10/h5-9H,3-4H2,1-2H3,(H,13,15,16)/p-1. The van der Waals surface area contributed by atoms with Crippen molar-refractivity contribution >= 4 is 26.7 Å². The molecule has 0 aromatic heterocycles. The molecule has 16 heavy (non-hydrogen) atoms. The molecular weight excluding hydrogens is 267 g/mol. The summed E-state index contributed by atoms with van der Waals surface area (Å²) in [5.41, 5.74) is 0.613. The number of amidine groups is 1. The number of amides is 1. The average Bonchev–Trinajstić information content (AvgIpc) is 2.31. The van der Waals surface area contributed by atoms with E-state index in [-0.39, 0.29) is 5.91 Å². The van der Waals surface area contributed by atoms with E-state index < -0.39 is 0 Å². The monoisotopic (exact) mass is 283 g/mol. The number of nitrogens with zero attached hydrogens (tertiary/aromatic N) is 2. The van der Waals surface area contributed by atoms with Crippen molar-refractivity contribution in [2.75, 3.05) is 13.1 Å². The first kappa shape index (κ1) is 12.9. The third kappa shape index (κ3) is 3.47. The van der Waals surface area contributed by atoms with Crippen molar-refractivity contribution in [3.05, 3.63) is 35.9 Å². The molecule has 0 unspecified atom stereocenters. The van der Waals surface area contributed by atoms with Crippen LogP contribution in [-0.2, 0) is 0 Å². The molecule has 3 nitrogen and oxygen atoms in total. The van der Waals surface area contributed by atoms with Crippen LogP contribution in [0.4, 0.5) is 0 Å². The van der Waals surface area contributed by atoms with Crippen LogP contribution in [-0.4, -0.2) is 44.6 Å². The van der Waals surface area contributed by atoms with E-state index in [9.17, 15) is 4.79 Å². The van der Waals surface area contributed by atoms with Crippen molar-refractivity contribution in [3.63, 3.8) is 0 Å². The molecule has 0 spiro atoms. The molecule has 4 heteroatoms. The van der Waals surface area contributed by atoms with Crippen LogP contribution in [0.1, 0.15) is 24.2 Å². The zero-order chi connectivity index (χ0) is 12.0. The number of rotatable bonds is 3. The van der Waals surface area contributed by atoms with Gasteiger partial charge < -0.3 is 0 Å². The van der Waals surface area contributed by atoms with Gasteiger partial charge in [-0.25, -0.2) is 0 Å². The summed E-state index contributed by atoms with van der Waals surface area (Å²) in [6.45, 7) is 5.74. The SMILES string of the molecule is CCN(CC)C([Se-])=NC(=O)c1ccccc1. The molecule has 0 saturated carbocycles.